The second-order valence-corrected chi connectivity index (χ2v) is 6.20. The first-order valence-corrected chi connectivity index (χ1v) is 6.58. The van der Waals surface area contributed by atoms with Gasteiger partial charge < -0.3 is 10.3 Å². The fourth-order valence-corrected chi connectivity index (χ4v) is 1.93. The van der Waals surface area contributed by atoms with Crippen molar-refractivity contribution in [2.24, 2.45) is 5.41 Å². The summed E-state index contributed by atoms with van der Waals surface area (Å²) in [5, 5.41) is 3.22. The van der Waals surface area contributed by atoms with E-state index >= 15 is 0 Å². The average molecular weight is 259 g/mol. The van der Waals surface area contributed by atoms with Gasteiger partial charge >= 0.3 is 0 Å². The number of imidazole rings is 1. The smallest absolute Gasteiger partial charge is 0.201 e. The van der Waals surface area contributed by atoms with Gasteiger partial charge in [0, 0.05) is 17.0 Å². The third-order valence-electron chi connectivity index (χ3n) is 2.85. The van der Waals surface area contributed by atoms with E-state index in [4.69, 9.17) is 0 Å². The molecule has 2 aromatic rings. The topological polar surface area (TPSA) is 57.8 Å². The zero-order valence-electron chi connectivity index (χ0n) is 12.2. The lowest BCUT2D eigenvalue weighted by molar-refractivity contribution is 0.0858. The summed E-state index contributed by atoms with van der Waals surface area (Å²) in [6, 6.07) is 5.92. The number of nitrogens with one attached hydrogen (secondary N) is 2. The summed E-state index contributed by atoms with van der Waals surface area (Å²) < 4.78 is 0. The molecule has 1 aromatic carbocycles. The Bertz CT molecular complexity index is 605. The molecule has 0 unspecified atom stereocenters. The number of ketones is 1. The Hall–Kier alpha value is -1.84. The van der Waals surface area contributed by atoms with Crippen LogP contribution in [-0.2, 0) is 0 Å². The molecular formula is C15H21N3O. The molecule has 0 aliphatic carbocycles. The van der Waals surface area contributed by atoms with Crippen LogP contribution >= 0.6 is 0 Å². The van der Waals surface area contributed by atoms with Crippen molar-refractivity contribution in [3.8, 4) is 0 Å². The van der Waals surface area contributed by atoms with E-state index in [0.29, 0.717) is 6.04 Å². The van der Waals surface area contributed by atoms with Gasteiger partial charge in [0.2, 0.25) is 5.95 Å². The predicted molar refractivity (Wildman–Crippen MR) is 78.6 cm³/mol. The highest BCUT2D eigenvalue weighted by Gasteiger charge is 2.23. The number of aromatic nitrogens is 2. The van der Waals surface area contributed by atoms with Crippen molar-refractivity contribution >= 4 is 22.8 Å². The zero-order chi connectivity index (χ0) is 14.2. The summed E-state index contributed by atoms with van der Waals surface area (Å²) in [6.45, 7) is 9.90. The normalized spacial score (nSPS) is 12.1. The van der Waals surface area contributed by atoms with Gasteiger partial charge in [-0.15, -0.1) is 0 Å². The number of Topliss-reactive ketones (excluding diaryl/α,β-unsaturated/α-hetero) is 1. The molecule has 0 amide bonds. The molecule has 2 N–H and O–H groups in total. The summed E-state index contributed by atoms with van der Waals surface area (Å²) in [5.41, 5.74) is 2.11. The van der Waals surface area contributed by atoms with Crippen molar-refractivity contribution in [1.29, 1.82) is 0 Å². The molecule has 0 spiro atoms. The van der Waals surface area contributed by atoms with Gasteiger partial charge in [-0.1, -0.05) is 20.8 Å². The van der Waals surface area contributed by atoms with E-state index in [1.807, 2.05) is 39.0 Å². The number of carbonyl (C=O) groups excluding carboxylic acids is 1. The van der Waals surface area contributed by atoms with Crippen LogP contribution in [0.3, 0.4) is 0 Å². The molecule has 0 bridgehead atoms. The lowest BCUT2D eigenvalue weighted by atomic mass is 9.86. The number of aromatic amines is 1. The highest BCUT2D eigenvalue weighted by Crippen LogP contribution is 2.23. The number of rotatable bonds is 3. The second-order valence-electron chi connectivity index (χ2n) is 6.20. The number of H-pyrrole nitrogens is 1. The maximum absolute atomic E-state index is 12.2. The first-order chi connectivity index (χ1) is 8.77. The second kappa shape index (κ2) is 4.68. The van der Waals surface area contributed by atoms with Crippen LogP contribution in [0.5, 0.6) is 0 Å². The minimum absolute atomic E-state index is 0.141. The van der Waals surface area contributed by atoms with Crippen molar-refractivity contribution < 1.29 is 4.79 Å². The summed E-state index contributed by atoms with van der Waals surface area (Å²) in [5.74, 6) is 0.882. The Morgan fingerprint density at radius 1 is 1.32 bits per heavy atom. The van der Waals surface area contributed by atoms with Crippen molar-refractivity contribution in [3.05, 3.63) is 23.8 Å². The van der Waals surface area contributed by atoms with E-state index in [1.165, 1.54) is 0 Å². The van der Waals surface area contributed by atoms with Crippen LogP contribution in [0, 0.1) is 5.41 Å². The number of fused-ring (bicyclic) bond motifs is 1. The SMILES string of the molecule is CC(C)Nc1nc2ccc(C(=O)C(C)(C)C)cc2[nH]1. The van der Waals surface area contributed by atoms with Crippen molar-refractivity contribution in [1.82, 2.24) is 9.97 Å². The molecule has 0 saturated carbocycles. The van der Waals surface area contributed by atoms with E-state index in [2.05, 4.69) is 29.1 Å². The summed E-state index contributed by atoms with van der Waals surface area (Å²) in [7, 11) is 0. The van der Waals surface area contributed by atoms with Crippen LogP contribution < -0.4 is 5.32 Å². The molecule has 1 heterocycles. The largest absolute Gasteiger partial charge is 0.354 e. The summed E-state index contributed by atoms with van der Waals surface area (Å²) >= 11 is 0. The minimum atomic E-state index is -0.368. The molecule has 2 rings (SSSR count). The Morgan fingerprint density at radius 2 is 2.00 bits per heavy atom. The van der Waals surface area contributed by atoms with E-state index in [9.17, 15) is 4.79 Å². The van der Waals surface area contributed by atoms with Crippen molar-refractivity contribution in [2.75, 3.05) is 5.32 Å². The van der Waals surface area contributed by atoms with E-state index < -0.39 is 0 Å². The van der Waals surface area contributed by atoms with Crippen LogP contribution in [0.2, 0.25) is 0 Å². The Balaban J connectivity index is 2.38. The minimum Gasteiger partial charge on any atom is -0.354 e. The van der Waals surface area contributed by atoms with Gasteiger partial charge in [0.05, 0.1) is 11.0 Å². The zero-order valence-corrected chi connectivity index (χ0v) is 12.2. The van der Waals surface area contributed by atoms with Gasteiger partial charge in [-0.3, -0.25) is 4.79 Å². The average Bonchev–Trinajstić information content (AvgIpc) is 2.66. The number of carbonyl (C=O) groups is 1. The Labute approximate surface area is 113 Å². The van der Waals surface area contributed by atoms with Crippen molar-refractivity contribution in [3.63, 3.8) is 0 Å². The molecule has 4 nitrogen and oxygen atoms in total. The standard InChI is InChI=1S/C15H21N3O/c1-9(2)16-14-17-11-7-6-10(8-12(11)18-14)13(19)15(3,4)5/h6-9H,1-5H3,(H2,16,17,18). The lowest BCUT2D eigenvalue weighted by Gasteiger charge is -2.16. The van der Waals surface area contributed by atoms with E-state index in [-0.39, 0.29) is 11.2 Å². The van der Waals surface area contributed by atoms with E-state index in [0.717, 1.165) is 22.5 Å². The molecular weight excluding hydrogens is 238 g/mol. The third kappa shape index (κ3) is 2.95. The Kier molecular flexibility index (Phi) is 3.35. The van der Waals surface area contributed by atoms with Gasteiger partial charge in [-0.25, -0.2) is 4.98 Å². The molecule has 0 aliphatic rings. The molecule has 1 aromatic heterocycles. The van der Waals surface area contributed by atoms with Gasteiger partial charge in [0.15, 0.2) is 5.78 Å². The Morgan fingerprint density at radius 3 is 2.58 bits per heavy atom. The maximum Gasteiger partial charge on any atom is 0.201 e. The predicted octanol–water partition coefficient (Wildman–Crippen LogP) is 3.61. The molecule has 0 atom stereocenters. The van der Waals surface area contributed by atoms with Crippen molar-refractivity contribution in [2.45, 2.75) is 40.7 Å². The molecule has 0 radical (unpaired) electrons. The molecule has 4 heteroatoms. The number of hydrogen-bond donors (Lipinski definition) is 2. The maximum atomic E-state index is 12.2. The van der Waals surface area contributed by atoms with Gasteiger partial charge in [0.25, 0.3) is 0 Å². The fourth-order valence-electron chi connectivity index (χ4n) is 1.93. The van der Waals surface area contributed by atoms with Gasteiger partial charge in [-0.05, 0) is 32.0 Å². The number of anilines is 1. The van der Waals surface area contributed by atoms with Crippen LogP contribution in [0.25, 0.3) is 11.0 Å². The molecule has 0 fully saturated rings. The number of nitrogens with zero attached hydrogens (tertiary/aromatic N) is 1. The van der Waals surface area contributed by atoms with Crippen LogP contribution in [-0.4, -0.2) is 21.8 Å². The third-order valence-corrected chi connectivity index (χ3v) is 2.85. The lowest BCUT2D eigenvalue weighted by Crippen LogP contribution is -2.19. The quantitative estimate of drug-likeness (QED) is 0.828. The molecule has 19 heavy (non-hydrogen) atoms. The summed E-state index contributed by atoms with van der Waals surface area (Å²) in [6.07, 6.45) is 0. The monoisotopic (exact) mass is 259 g/mol. The molecule has 0 aliphatic heterocycles. The first-order valence-electron chi connectivity index (χ1n) is 6.58. The number of hydrogen-bond acceptors (Lipinski definition) is 3. The van der Waals surface area contributed by atoms with Crippen LogP contribution in [0.15, 0.2) is 18.2 Å². The van der Waals surface area contributed by atoms with Crippen LogP contribution in [0.1, 0.15) is 45.0 Å². The highest BCUT2D eigenvalue weighted by atomic mass is 16.1. The highest BCUT2D eigenvalue weighted by molar-refractivity contribution is 6.02. The van der Waals surface area contributed by atoms with Crippen LogP contribution in [0.4, 0.5) is 5.95 Å². The first kappa shape index (κ1) is 13.6. The van der Waals surface area contributed by atoms with E-state index in [1.54, 1.807) is 0 Å². The van der Waals surface area contributed by atoms with Gasteiger partial charge in [-0.2, -0.15) is 0 Å². The number of benzene rings is 1. The van der Waals surface area contributed by atoms with Gasteiger partial charge in [0.1, 0.15) is 0 Å². The molecule has 0 saturated heterocycles. The summed E-state index contributed by atoms with van der Waals surface area (Å²) in [4.78, 5) is 19.9. The fraction of sp³-hybridized carbons (Fsp3) is 0.467. The molecule has 102 valence electrons.